The lowest BCUT2D eigenvalue weighted by atomic mass is 10.1. The molecular weight excluding hydrogens is 328 g/mol. The molecule has 1 aromatic carbocycles. The zero-order valence-corrected chi connectivity index (χ0v) is 14.4. The van der Waals surface area contributed by atoms with E-state index in [9.17, 15) is 4.79 Å². The van der Waals surface area contributed by atoms with E-state index >= 15 is 0 Å². The van der Waals surface area contributed by atoms with Gasteiger partial charge in [-0.25, -0.2) is 0 Å². The van der Waals surface area contributed by atoms with Crippen molar-refractivity contribution in [3.8, 4) is 22.8 Å². The molecule has 0 unspecified atom stereocenters. The second-order valence-corrected chi connectivity index (χ2v) is 6.10. The van der Waals surface area contributed by atoms with Crippen LogP contribution in [0.4, 0.5) is 0 Å². The monoisotopic (exact) mass is 346 g/mol. The van der Waals surface area contributed by atoms with Crippen molar-refractivity contribution in [3.05, 3.63) is 71.5 Å². The average Bonchev–Trinajstić information content (AvgIpc) is 3.35. The highest BCUT2D eigenvalue weighted by atomic mass is 16.7. The van der Waals surface area contributed by atoms with Gasteiger partial charge in [-0.05, 0) is 42.8 Å². The second-order valence-electron chi connectivity index (χ2n) is 6.10. The summed E-state index contributed by atoms with van der Waals surface area (Å²) in [4.78, 5) is 12.5. The van der Waals surface area contributed by atoms with Gasteiger partial charge in [0, 0.05) is 23.1 Å². The number of hydrogen-bond donors (Lipinski definition) is 1. The Hall–Kier alpha value is -3.34. The Kier molecular flexibility index (Phi) is 4.05. The third kappa shape index (κ3) is 2.77. The number of hydrogen-bond acceptors (Lipinski definition) is 4. The van der Waals surface area contributed by atoms with Gasteiger partial charge in [-0.3, -0.25) is 9.89 Å². The SMILES string of the molecule is C=CC1=C(/C=C\C)C/C(=C\c2cc(-c3ccc4c(c3)OCO4)n[nH]2)C1=O. The van der Waals surface area contributed by atoms with Crippen molar-refractivity contribution in [2.24, 2.45) is 0 Å². The van der Waals surface area contributed by atoms with Crippen LogP contribution < -0.4 is 9.47 Å². The van der Waals surface area contributed by atoms with Crippen LogP contribution in [0.2, 0.25) is 0 Å². The number of carbonyl (C=O) groups excluding carboxylic acids is 1. The van der Waals surface area contributed by atoms with E-state index in [0.29, 0.717) is 17.7 Å². The van der Waals surface area contributed by atoms with E-state index < -0.39 is 0 Å². The van der Waals surface area contributed by atoms with Crippen molar-refractivity contribution in [1.29, 1.82) is 0 Å². The normalized spacial score (nSPS) is 17.7. The number of nitrogens with one attached hydrogen (secondary N) is 1. The lowest BCUT2D eigenvalue weighted by molar-refractivity contribution is -0.111. The number of H-pyrrole nitrogens is 1. The quantitative estimate of drug-likeness (QED) is 0.842. The molecule has 4 rings (SSSR count). The second kappa shape index (κ2) is 6.52. The van der Waals surface area contributed by atoms with Crippen molar-refractivity contribution in [1.82, 2.24) is 10.2 Å². The van der Waals surface area contributed by atoms with E-state index in [1.807, 2.05) is 49.4 Å². The van der Waals surface area contributed by atoms with E-state index in [4.69, 9.17) is 9.47 Å². The predicted molar refractivity (Wildman–Crippen MR) is 99.8 cm³/mol. The summed E-state index contributed by atoms with van der Waals surface area (Å²) >= 11 is 0. The van der Waals surface area contributed by atoms with Gasteiger partial charge in [0.25, 0.3) is 0 Å². The number of aromatic nitrogens is 2. The molecule has 5 nitrogen and oxygen atoms in total. The van der Waals surface area contributed by atoms with Crippen LogP contribution in [0.3, 0.4) is 0 Å². The molecule has 0 saturated carbocycles. The smallest absolute Gasteiger partial charge is 0.231 e. The van der Waals surface area contributed by atoms with Crippen molar-refractivity contribution < 1.29 is 14.3 Å². The molecule has 2 aliphatic rings. The molecule has 0 saturated heterocycles. The summed E-state index contributed by atoms with van der Waals surface area (Å²) in [6.45, 7) is 5.94. The molecule has 1 aromatic heterocycles. The first-order chi connectivity index (χ1) is 12.7. The van der Waals surface area contributed by atoms with Gasteiger partial charge in [0.05, 0.1) is 11.4 Å². The maximum Gasteiger partial charge on any atom is 0.231 e. The molecule has 26 heavy (non-hydrogen) atoms. The molecule has 0 atom stereocenters. The Bertz CT molecular complexity index is 992. The Labute approximate surface area is 151 Å². The van der Waals surface area contributed by atoms with Gasteiger partial charge >= 0.3 is 0 Å². The highest BCUT2D eigenvalue weighted by molar-refractivity contribution is 6.16. The molecule has 0 spiro atoms. The molecule has 5 heteroatoms. The summed E-state index contributed by atoms with van der Waals surface area (Å²) in [5.41, 5.74) is 4.89. The first-order valence-corrected chi connectivity index (χ1v) is 8.38. The first-order valence-electron chi connectivity index (χ1n) is 8.38. The van der Waals surface area contributed by atoms with Crippen LogP contribution in [0.1, 0.15) is 19.0 Å². The van der Waals surface area contributed by atoms with Gasteiger partial charge < -0.3 is 9.47 Å². The van der Waals surface area contributed by atoms with E-state index in [-0.39, 0.29) is 12.6 Å². The minimum absolute atomic E-state index is 0.0207. The lowest BCUT2D eigenvalue weighted by Crippen LogP contribution is -1.96. The summed E-state index contributed by atoms with van der Waals surface area (Å²) in [6, 6.07) is 7.62. The number of ketones is 1. The van der Waals surface area contributed by atoms with Crippen LogP contribution in [-0.2, 0) is 4.79 Å². The number of ether oxygens (including phenoxy) is 2. The van der Waals surface area contributed by atoms with Crippen LogP contribution >= 0.6 is 0 Å². The fourth-order valence-electron chi connectivity index (χ4n) is 3.19. The predicted octanol–water partition coefficient (Wildman–Crippen LogP) is 4.22. The first kappa shape index (κ1) is 16.1. The van der Waals surface area contributed by atoms with E-state index in [1.54, 1.807) is 6.08 Å². The topological polar surface area (TPSA) is 64.2 Å². The van der Waals surface area contributed by atoms with Gasteiger partial charge in [0.15, 0.2) is 17.3 Å². The van der Waals surface area contributed by atoms with Gasteiger partial charge in [0.2, 0.25) is 6.79 Å². The number of rotatable bonds is 4. The molecular formula is C21H18N2O3. The zero-order valence-electron chi connectivity index (χ0n) is 14.4. The van der Waals surface area contributed by atoms with Gasteiger partial charge in [-0.15, -0.1) is 0 Å². The zero-order chi connectivity index (χ0) is 18.1. The molecule has 1 aliphatic carbocycles. The van der Waals surface area contributed by atoms with Crippen LogP contribution in [-0.4, -0.2) is 22.8 Å². The van der Waals surface area contributed by atoms with E-state index in [2.05, 4.69) is 16.8 Å². The van der Waals surface area contributed by atoms with Crippen molar-refractivity contribution >= 4 is 11.9 Å². The summed E-state index contributed by atoms with van der Waals surface area (Å²) in [6.07, 6.45) is 7.97. The largest absolute Gasteiger partial charge is 0.454 e. The fraction of sp³-hybridized carbons (Fsp3) is 0.143. The van der Waals surface area contributed by atoms with Crippen LogP contribution in [0.25, 0.3) is 17.3 Å². The average molecular weight is 346 g/mol. The van der Waals surface area contributed by atoms with Crippen molar-refractivity contribution in [3.63, 3.8) is 0 Å². The Morgan fingerprint density at radius 2 is 2.08 bits per heavy atom. The molecule has 1 aliphatic heterocycles. The van der Waals surface area contributed by atoms with Crippen LogP contribution in [0, 0.1) is 0 Å². The van der Waals surface area contributed by atoms with Crippen molar-refractivity contribution in [2.75, 3.05) is 6.79 Å². The number of fused-ring (bicyclic) bond motifs is 1. The third-order valence-electron chi connectivity index (χ3n) is 4.43. The number of benzene rings is 1. The number of carbonyl (C=O) groups is 1. The number of nitrogens with zero attached hydrogens (tertiary/aromatic N) is 1. The highest BCUT2D eigenvalue weighted by Crippen LogP contribution is 2.36. The van der Waals surface area contributed by atoms with Crippen molar-refractivity contribution in [2.45, 2.75) is 13.3 Å². The number of allylic oxidation sites excluding steroid dienone is 6. The minimum atomic E-state index is 0.0207. The Balaban J connectivity index is 1.60. The fourth-order valence-corrected chi connectivity index (χ4v) is 3.19. The van der Waals surface area contributed by atoms with E-state index in [0.717, 1.165) is 33.8 Å². The van der Waals surface area contributed by atoms with Gasteiger partial charge in [0.1, 0.15) is 0 Å². The Morgan fingerprint density at radius 3 is 2.88 bits per heavy atom. The van der Waals surface area contributed by atoms with Crippen LogP contribution in [0.15, 0.2) is 65.8 Å². The van der Waals surface area contributed by atoms with Gasteiger partial charge in [-0.2, -0.15) is 5.10 Å². The van der Waals surface area contributed by atoms with Crippen LogP contribution in [0.5, 0.6) is 11.5 Å². The number of aromatic amines is 1. The highest BCUT2D eigenvalue weighted by Gasteiger charge is 2.24. The number of Topliss-reactive ketones (excluding diaryl/α,β-unsaturated/α-hetero) is 1. The molecule has 0 fully saturated rings. The molecule has 0 amide bonds. The summed E-state index contributed by atoms with van der Waals surface area (Å²) in [5.74, 6) is 1.47. The molecule has 1 N–H and O–H groups in total. The molecule has 2 aromatic rings. The third-order valence-corrected chi connectivity index (χ3v) is 4.43. The molecule has 2 heterocycles. The molecule has 0 bridgehead atoms. The standard InChI is InChI=1S/C21H18N2O3/c1-3-5-13-8-15(21(24)17(13)4-2)9-16-11-18(23-22-16)14-6-7-19-20(10-14)26-12-25-19/h3-7,9-11H,2,8,12H2,1H3,(H,22,23)/b5-3-,15-9+. The summed E-state index contributed by atoms with van der Waals surface area (Å²) < 4.78 is 10.7. The summed E-state index contributed by atoms with van der Waals surface area (Å²) in [7, 11) is 0. The lowest BCUT2D eigenvalue weighted by Gasteiger charge is -1.98. The molecule has 0 radical (unpaired) electrons. The maximum atomic E-state index is 12.5. The minimum Gasteiger partial charge on any atom is -0.454 e. The Morgan fingerprint density at radius 1 is 1.23 bits per heavy atom. The van der Waals surface area contributed by atoms with E-state index in [1.165, 1.54) is 0 Å². The van der Waals surface area contributed by atoms with Gasteiger partial charge in [-0.1, -0.05) is 24.8 Å². The summed E-state index contributed by atoms with van der Waals surface area (Å²) in [5, 5.41) is 7.33. The molecule has 130 valence electrons. The maximum absolute atomic E-state index is 12.5.